The topological polar surface area (TPSA) is 49.4 Å². The fourth-order valence-corrected chi connectivity index (χ4v) is 5.09. The molecule has 0 bridgehead atoms. The van der Waals surface area contributed by atoms with Crippen LogP contribution in [-0.4, -0.2) is 38.4 Å². The van der Waals surface area contributed by atoms with E-state index in [2.05, 4.69) is 5.32 Å². The molecule has 1 aromatic rings. The number of piperidine rings is 1. The molecule has 0 saturated carbocycles. The van der Waals surface area contributed by atoms with Gasteiger partial charge in [0.05, 0.1) is 5.75 Å². The molecule has 2 unspecified atom stereocenters. The summed E-state index contributed by atoms with van der Waals surface area (Å²) in [5, 5.41) is 3.28. The van der Waals surface area contributed by atoms with Crippen LogP contribution in [0, 0.1) is 11.7 Å². The minimum atomic E-state index is -3.33. The zero-order chi connectivity index (χ0) is 14.2. The third-order valence-electron chi connectivity index (χ3n) is 4.25. The van der Waals surface area contributed by atoms with Crippen LogP contribution in [0.25, 0.3) is 0 Å². The molecule has 4 nitrogen and oxygen atoms in total. The van der Waals surface area contributed by atoms with Crippen LogP contribution in [0.1, 0.15) is 18.4 Å². The first-order valence-electron chi connectivity index (χ1n) is 7.01. The van der Waals surface area contributed by atoms with Gasteiger partial charge in [0.25, 0.3) is 0 Å². The van der Waals surface area contributed by atoms with E-state index >= 15 is 0 Å². The Morgan fingerprint density at radius 2 is 2.00 bits per heavy atom. The number of halogens is 1. The predicted molar refractivity (Wildman–Crippen MR) is 75.1 cm³/mol. The zero-order valence-corrected chi connectivity index (χ0v) is 12.1. The van der Waals surface area contributed by atoms with Crippen molar-refractivity contribution >= 4 is 10.0 Å². The van der Waals surface area contributed by atoms with E-state index in [0.717, 1.165) is 25.9 Å². The summed E-state index contributed by atoms with van der Waals surface area (Å²) in [5.74, 6) is 0.0483. The molecule has 2 saturated heterocycles. The molecule has 2 atom stereocenters. The first-order valence-corrected chi connectivity index (χ1v) is 8.62. The Balaban J connectivity index is 1.78. The van der Waals surface area contributed by atoms with Crippen molar-refractivity contribution in [3.05, 3.63) is 35.6 Å². The summed E-state index contributed by atoms with van der Waals surface area (Å²) in [4.78, 5) is 0. The number of hydrogen-bond acceptors (Lipinski definition) is 3. The van der Waals surface area contributed by atoms with E-state index in [1.54, 1.807) is 16.4 Å². The molecule has 0 aromatic heterocycles. The highest BCUT2D eigenvalue weighted by molar-refractivity contribution is 7.88. The maximum absolute atomic E-state index is 12.9. The van der Waals surface area contributed by atoms with Gasteiger partial charge in [0, 0.05) is 19.1 Å². The van der Waals surface area contributed by atoms with Gasteiger partial charge in [-0.05, 0) is 43.0 Å². The Morgan fingerprint density at radius 1 is 1.25 bits per heavy atom. The van der Waals surface area contributed by atoms with Gasteiger partial charge in [0.1, 0.15) is 5.82 Å². The summed E-state index contributed by atoms with van der Waals surface area (Å²) < 4.78 is 39.7. The van der Waals surface area contributed by atoms with Gasteiger partial charge >= 0.3 is 0 Å². The largest absolute Gasteiger partial charge is 0.315 e. The number of benzene rings is 1. The lowest BCUT2D eigenvalue weighted by atomic mass is 9.94. The summed E-state index contributed by atoms with van der Waals surface area (Å²) in [7, 11) is -3.33. The van der Waals surface area contributed by atoms with E-state index in [9.17, 15) is 12.8 Å². The Bertz CT molecular complexity index is 573. The molecular weight excluding hydrogens is 279 g/mol. The van der Waals surface area contributed by atoms with Gasteiger partial charge in [0.2, 0.25) is 10.0 Å². The number of sulfonamides is 1. The quantitative estimate of drug-likeness (QED) is 0.916. The first kappa shape index (κ1) is 14.0. The third-order valence-corrected chi connectivity index (χ3v) is 6.11. The lowest BCUT2D eigenvalue weighted by molar-refractivity contribution is 0.217. The smallest absolute Gasteiger partial charge is 0.218 e. The van der Waals surface area contributed by atoms with Crippen LogP contribution in [-0.2, 0) is 15.8 Å². The van der Waals surface area contributed by atoms with Crippen molar-refractivity contribution in [3.63, 3.8) is 0 Å². The summed E-state index contributed by atoms with van der Waals surface area (Å²) >= 11 is 0. The molecule has 2 aliphatic rings. The van der Waals surface area contributed by atoms with E-state index in [-0.39, 0.29) is 17.6 Å². The van der Waals surface area contributed by atoms with E-state index in [4.69, 9.17) is 0 Å². The molecule has 1 aromatic carbocycles. The van der Waals surface area contributed by atoms with E-state index in [1.807, 2.05) is 0 Å². The lowest BCUT2D eigenvalue weighted by Gasteiger charge is -2.36. The lowest BCUT2D eigenvalue weighted by Crippen LogP contribution is -2.48. The van der Waals surface area contributed by atoms with Crippen molar-refractivity contribution in [1.29, 1.82) is 0 Å². The Morgan fingerprint density at radius 3 is 2.75 bits per heavy atom. The molecule has 0 spiro atoms. The average molecular weight is 298 g/mol. The number of nitrogens with one attached hydrogen (secondary N) is 1. The second kappa shape index (κ2) is 5.42. The molecule has 0 aliphatic carbocycles. The minimum absolute atomic E-state index is 0.0451. The maximum atomic E-state index is 12.9. The number of hydrogen-bond donors (Lipinski definition) is 1. The SMILES string of the molecule is O=S(=O)(Cc1ccc(F)cc1)N1CCCC2CNCC21. The Kier molecular flexibility index (Phi) is 3.79. The van der Waals surface area contributed by atoms with Crippen LogP contribution in [0.5, 0.6) is 0 Å². The average Bonchev–Trinajstić information content (AvgIpc) is 2.89. The van der Waals surface area contributed by atoms with Crippen LogP contribution in [0.15, 0.2) is 24.3 Å². The molecule has 0 amide bonds. The van der Waals surface area contributed by atoms with Gasteiger partial charge in [-0.2, -0.15) is 4.31 Å². The van der Waals surface area contributed by atoms with Crippen LogP contribution in [0.2, 0.25) is 0 Å². The van der Waals surface area contributed by atoms with Gasteiger partial charge in [-0.1, -0.05) is 12.1 Å². The number of fused-ring (bicyclic) bond motifs is 1. The fourth-order valence-electron chi connectivity index (χ4n) is 3.25. The molecule has 6 heteroatoms. The van der Waals surface area contributed by atoms with Gasteiger partial charge in [-0.25, -0.2) is 12.8 Å². The van der Waals surface area contributed by atoms with E-state index < -0.39 is 10.0 Å². The number of nitrogens with zero attached hydrogens (tertiary/aromatic N) is 1. The standard InChI is InChI=1S/C14H19FN2O2S/c15-13-5-3-11(4-6-13)10-20(18,19)17-7-1-2-12-8-16-9-14(12)17/h3-6,12,14,16H,1-2,7-10H2. The van der Waals surface area contributed by atoms with Crippen molar-refractivity contribution in [1.82, 2.24) is 9.62 Å². The van der Waals surface area contributed by atoms with Crippen LogP contribution in [0.3, 0.4) is 0 Å². The van der Waals surface area contributed by atoms with Crippen molar-refractivity contribution in [3.8, 4) is 0 Å². The Labute approximate surface area is 119 Å². The van der Waals surface area contributed by atoms with Crippen LogP contribution < -0.4 is 5.32 Å². The summed E-state index contributed by atoms with van der Waals surface area (Å²) in [5.41, 5.74) is 0.638. The van der Waals surface area contributed by atoms with Crippen molar-refractivity contribution in [2.75, 3.05) is 19.6 Å². The molecule has 3 rings (SSSR count). The monoisotopic (exact) mass is 298 g/mol. The molecule has 20 heavy (non-hydrogen) atoms. The second-order valence-electron chi connectivity index (χ2n) is 5.62. The van der Waals surface area contributed by atoms with Crippen LogP contribution in [0.4, 0.5) is 4.39 Å². The van der Waals surface area contributed by atoms with Crippen molar-refractivity contribution < 1.29 is 12.8 Å². The number of rotatable bonds is 3. The summed E-state index contributed by atoms with van der Waals surface area (Å²) in [6.07, 6.45) is 2.02. The predicted octanol–water partition coefficient (Wildman–Crippen LogP) is 1.34. The molecule has 1 N–H and O–H groups in total. The summed E-state index contributed by atoms with van der Waals surface area (Å²) in [6, 6.07) is 5.79. The summed E-state index contributed by atoms with van der Waals surface area (Å²) in [6.45, 7) is 2.26. The zero-order valence-electron chi connectivity index (χ0n) is 11.3. The first-order chi connectivity index (χ1) is 9.56. The van der Waals surface area contributed by atoms with Crippen molar-refractivity contribution in [2.24, 2.45) is 5.92 Å². The highest BCUT2D eigenvalue weighted by Crippen LogP contribution is 2.29. The minimum Gasteiger partial charge on any atom is -0.315 e. The highest BCUT2D eigenvalue weighted by atomic mass is 32.2. The molecule has 2 fully saturated rings. The molecule has 2 heterocycles. The van der Waals surface area contributed by atoms with Crippen molar-refractivity contribution in [2.45, 2.75) is 24.6 Å². The highest BCUT2D eigenvalue weighted by Gasteiger charge is 2.40. The van der Waals surface area contributed by atoms with Gasteiger partial charge < -0.3 is 5.32 Å². The third kappa shape index (κ3) is 2.73. The molecule has 0 radical (unpaired) electrons. The van der Waals surface area contributed by atoms with Gasteiger partial charge in [-0.3, -0.25) is 0 Å². The Hall–Kier alpha value is -0.980. The normalized spacial score (nSPS) is 27.4. The van der Waals surface area contributed by atoms with E-state index in [1.165, 1.54) is 12.1 Å². The van der Waals surface area contributed by atoms with Gasteiger partial charge in [0.15, 0.2) is 0 Å². The van der Waals surface area contributed by atoms with E-state index in [0.29, 0.717) is 18.0 Å². The second-order valence-corrected chi connectivity index (χ2v) is 7.54. The molecule has 2 aliphatic heterocycles. The maximum Gasteiger partial charge on any atom is 0.218 e. The fraction of sp³-hybridized carbons (Fsp3) is 0.571. The van der Waals surface area contributed by atoms with Crippen LogP contribution >= 0.6 is 0 Å². The molecular formula is C14H19FN2O2S. The molecule has 110 valence electrons. The van der Waals surface area contributed by atoms with Gasteiger partial charge in [-0.15, -0.1) is 0 Å².